The lowest BCUT2D eigenvalue weighted by molar-refractivity contribution is 0.228. The summed E-state index contributed by atoms with van der Waals surface area (Å²) in [6, 6.07) is 0. The van der Waals surface area contributed by atoms with E-state index in [1.165, 1.54) is 0 Å². The monoisotopic (exact) mass is 198 g/mol. The molecule has 80 valence electrons. The van der Waals surface area contributed by atoms with Gasteiger partial charge in [0.05, 0.1) is 18.5 Å². The number of rotatable bonds is 4. The SMILES string of the molecule is CC.Cc1cncc(OCCCO)n1. The van der Waals surface area contributed by atoms with Crippen molar-refractivity contribution in [3.05, 3.63) is 18.1 Å². The van der Waals surface area contributed by atoms with Crippen molar-refractivity contribution < 1.29 is 9.84 Å². The minimum absolute atomic E-state index is 0.138. The van der Waals surface area contributed by atoms with Gasteiger partial charge in [0.2, 0.25) is 5.88 Å². The maximum absolute atomic E-state index is 8.48. The molecule has 0 atom stereocenters. The van der Waals surface area contributed by atoms with Crippen LogP contribution in [-0.4, -0.2) is 28.3 Å². The molecule has 0 aliphatic carbocycles. The first-order valence-electron chi connectivity index (χ1n) is 4.85. The van der Waals surface area contributed by atoms with E-state index in [4.69, 9.17) is 9.84 Å². The van der Waals surface area contributed by atoms with E-state index in [1.807, 2.05) is 20.8 Å². The lowest BCUT2D eigenvalue weighted by Crippen LogP contribution is -2.01. The summed E-state index contributed by atoms with van der Waals surface area (Å²) in [6.07, 6.45) is 3.85. The van der Waals surface area contributed by atoms with Gasteiger partial charge >= 0.3 is 0 Å². The second kappa shape index (κ2) is 8.44. The molecule has 1 aromatic heterocycles. The Hall–Kier alpha value is -1.16. The number of aryl methyl sites for hydroxylation is 1. The molecule has 4 heteroatoms. The van der Waals surface area contributed by atoms with Crippen molar-refractivity contribution in [3.63, 3.8) is 0 Å². The molecule has 0 aliphatic rings. The van der Waals surface area contributed by atoms with Gasteiger partial charge in [-0.05, 0) is 6.92 Å². The van der Waals surface area contributed by atoms with Crippen molar-refractivity contribution >= 4 is 0 Å². The smallest absolute Gasteiger partial charge is 0.232 e. The number of aromatic nitrogens is 2. The van der Waals surface area contributed by atoms with Gasteiger partial charge in [0, 0.05) is 19.2 Å². The molecule has 0 amide bonds. The topological polar surface area (TPSA) is 55.2 Å². The third-order valence-electron chi connectivity index (χ3n) is 1.29. The van der Waals surface area contributed by atoms with E-state index in [0.717, 1.165) is 5.69 Å². The van der Waals surface area contributed by atoms with E-state index in [1.54, 1.807) is 12.4 Å². The van der Waals surface area contributed by atoms with Gasteiger partial charge in [-0.1, -0.05) is 13.8 Å². The summed E-state index contributed by atoms with van der Waals surface area (Å²) in [5, 5.41) is 8.48. The highest BCUT2D eigenvalue weighted by Gasteiger charge is 1.94. The summed E-state index contributed by atoms with van der Waals surface area (Å²) in [6.45, 7) is 6.47. The molecule has 0 radical (unpaired) electrons. The van der Waals surface area contributed by atoms with E-state index >= 15 is 0 Å². The first kappa shape index (κ1) is 12.8. The van der Waals surface area contributed by atoms with Crippen LogP contribution in [0, 0.1) is 6.92 Å². The third-order valence-corrected chi connectivity index (χ3v) is 1.29. The van der Waals surface area contributed by atoms with E-state index in [2.05, 4.69) is 9.97 Å². The maximum atomic E-state index is 8.48. The zero-order valence-corrected chi connectivity index (χ0v) is 9.03. The van der Waals surface area contributed by atoms with Crippen LogP contribution in [0.4, 0.5) is 0 Å². The fourth-order valence-electron chi connectivity index (χ4n) is 0.751. The summed E-state index contributed by atoms with van der Waals surface area (Å²) in [5.41, 5.74) is 0.830. The minimum atomic E-state index is 0.138. The first-order valence-corrected chi connectivity index (χ1v) is 4.85. The van der Waals surface area contributed by atoms with Gasteiger partial charge in [0.1, 0.15) is 0 Å². The average Bonchev–Trinajstić information content (AvgIpc) is 2.21. The van der Waals surface area contributed by atoms with Crippen LogP contribution >= 0.6 is 0 Å². The molecular formula is C10H18N2O2. The van der Waals surface area contributed by atoms with Gasteiger partial charge in [-0.2, -0.15) is 0 Å². The molecule has 1 heterocycles. The Balaban J connectivity index is 0.000000791. The van der Waals surface area contributed by atoms with Crippen LogP contribution in [0.1, 0.15) is 26.0 Å². The van der Waals surface area contributed by atoms with Crippen molar-refractivity contribution in [3.8, 4) is 5.88 Å². The van der Waals surface area contributed by atoms with Crippen LogP contribution in [0.5, 0.6) is 5.88 Å². The highest BCUT2D eigenvalue weighted by molar-refractivity contribution is 5.06. The van der Waals surface area contributed by atoms with Gasteiger partial charge in [-0.15, -0.1) is 0 Å². The quantitative estimate of drug-likeness (QED) is 0.746. The second-order valence-corrected chi connectivity index (χ2v) is 2.42. The van der Waals surface area contributed by atoms with Crippen LogP contribution < -0.4 is 4.74 Å². The van der Waals surface area contributed by atoms with Crippen molar-refractivity contribution in [2.24, 2.45) is 0 Å². The van der Waals surface area contributed by atoms with E-state index in [9.17, 15) is 0 Å². The number of aliphatic hydroxyl groups is 1. The lowest BCUT2D eigenvalue weighted by atomic mass is 10.5. The Morgan fingerprint density at radius 1 is 1.36 bits per heavy atom. The maximum Gasteiger partial charge on any atom is 0.232 e. The fourth-order valence-corrected chi connectivity index (χ4v) is 0.751. The Kier molecular flexibility index (Phi) is 7.74. The van der Waals surface area contributed by atoms with Gasteiger partial charge in [0.25, 0.3) is 0 Å². The second-order valence-electron chi connectivity index (χ2n) is 2.42. The van der Waals surface area contributed by atoms with Crippen molar-refractivity contribution in [1.82, 2.24) is 9.97 Å². The van der Waals surface area contributed by atoms with Crippen LogP contribution in [0.25, 0.3) is 0 Å². The minimum Gasteiger partial charge on any atom is -0.476 e. The molecule has 0 aromatic carbocycles. The number of hydrogen-bond acceptors (Lipinski definition) is 4. The van der Waals surface area contributed by atoms with Crippen molar-refractivity contribution in [2.45, 2.75) is 27.2 Å². The van der Waals surface area contributed by atoms with Crippen molar-refractivity contribution in [2.75, 3.05) is 13.2 Å². The molecule has 0 fully saturated rings. The summed E-state index contributed by atoms with van der Waals surface area (Å²) in [5.74, 6) is 0.517. The Morgan fingerprint density at radius 3 is 2.64 bits per heavy atom. The van der Waals surface area contributed by atoms with Crippen LogP contribution in [0.2, 0.25) is 0 Å². The average molecular weight is 198 g/mol. The van der Waals surface area contributed by atoms with Gasteiger partial charge in [-0.25, -0.2) is 4.98 Å². The molecule has 4 nitrogen and oxygen atoms in total. The summed E-state index contributed by atoms with van der Waals surface area (Å²) >= 11 is 0. The highest BCUT2D eigenvalue weighted by Crippen LogP contribution is 2.03. The normalized spacial score (nSPS) is 8.86. The fraction of sp³-hybridized carbons (Fsp3) is 0.600. The van der Waals surface area contributed by atoms with Gasteiger partial charge in [-0.3, -0.25) is 4.98 Å². The van der Waals surface area contributed by atoms with E-state index < -0.39 is 0 Å². The summed E-state index contributed by atoms with van der Waals surface area (Å²) < 4.78 is 5.19. The highest BCUT2D eigenvalue weighted by atomic mass is 16.5. The zero-order chi connectivity index (χ0) is 10.8. The van der Waals surface area contributed by atoms with Crippen molar-refractivity contribution in [1.29, 1.82) is 0 Å². The predicted molar refractivity (Wildman–Crippen MR) is 55.3 cm³/mol. The third kappa shape index (κ3) is 5.48. The number of hydrogen-bond donors (Lipinski definition) is 1. The van der Waals surface area contributed by atoms with Crippen LogP contribution in [-0.2, 0) is 0 Å². The molecule has 1 aromatic rings. The van der Waals surface area contributed by atoms with E-state index in [-0.39, 0.29) is 6.61 Å². The molecule has 0 aliphatic heterocycles. The molecule has 0 saturated heterocycles. The lowest BCUT2D eigenvalue weighted by Gasteiger charge is -2.02. The molecule has 14 heavy (non-hydrogen) atoms. The number of ether oxygens (including phenoxy) is 1. The summed E-state index contributed by atoms with van der Waals surface area (Å²) in [4.78, 5) is 7.99. The van der Waals surface area contributed by atoms with Crippen LogP contribution in [0.3, 0.4) is 0 Å². The molecule has 1 rings (SSSR count). The molecular weight excluding hydrogens is 180 g/mol. The summed E-state index contributed by atoms with van der Waals surface area (Å²) in [7, 11) is 0. The van der Waals surface area contributed by atoms with Gasteiger partial charge < -0.3 is 9.84 Å². The largest absolute Gasteiger partial charge is 0.476 e. The Bertz CT molecular complexity index is 241. The Labute approximate surface area is 85.0 Å². The van der Waals surface area contributed by atoms with Crippen LogP contribution in [0.15, 0.2) is 12.4 Å². The molecule has 0 spiro atoms. The number of aliphatic hydroxyl groups excluding tert-OH is 1. The van der Waals surface area contributed by atoms with Gasteiger partial charge in [0.15, 0.2) is 0 Å². The standard InChI is InChI=1S/C8H12N2O2.C2H6/c1-7-5-9-6-8(10-7)12-4-2-3-11;1-2/h5-6,11H,2-4H2,1H3;1-2H3. The molecule has 0 bridgehead atoms. The molecule has 0 unspecified atom stereocenters. The molecule has 1 N–H and O–H groups in total. The number of nitrogens with zero attached hydrogens (tertiary/aromatic N) is 2. The zero-order valence-electron chi connectivity index (χ0n) is 9.03. The Morgan fingerprint density at radius 2 is 2.07 bits per heavy atom. The first-order chi connectivity index (χ1) is 6.83. The van der Waals surface area contributed by atoms with E-state index in [0.29, 0.717) is 18.9 Å². The predicted octanol–water partition coefficient (Wildman–Crippen LogP) is 1.57. The molecule has 0 saturated carbocycles.